The molecule has 1 rings (SSSR count). The van der Waals surface area contributed by atoms with Crippen LogP contribution in [0.2, 0.25) is 0 Å². The largest absolute Gasteiger partial charge is 0.383 e. The normalized spacial score (nSPS) is 12.8. The molecule has 0 radical (unpaired) electrons. The van der Waals surface area contributed by atoms with Gasteiger partial charge in [-0.15, -0.1) is 11.6 Å². The Labute approximate surface area is 101 Å². The molecule has 0 N–H and O–H groups in total. The van der Waals surface area contributed by atoms with Crippen molar-refractivity contribution in [1.29, 1.82) is 0 Å². The summed E-state index contributed by atoms with van der Waals surface area (Å²) in [5.74, 6) is -0.0153. The third-order valence-electron chi connectivity index (χ3n) is 2.72. The van der Waals surface area contributed by atoms with E-state index in [1.165, 1.54) is 0 Å². The Hall–Kier alpha value is -0.800. The molecule has 16 heavy (non-hydrogen) atoms. The molecule has 1 heterocycles. The van der Waals surface area contributed by atoms with Gasteiger partial charge in [0.15, 0.2) is 5.78 Å². The van der Waals surface area contributed by atoms with Gasteiger partial charge in [-0.25, -0.2) is 0 Å². The van der Waals surface area contributed by atoms with Crippen LogP contribution < -0.4 is 0 Å². The first-order valence-electron chi connectivity index (χ1n) is 5.33. The number of carbonyl (C=O) groups excluding carboxylic acids is 1. The van der Waals surface area contributed by atoms with E-state index >= 15 is 0 Å². The van der Waals surface area contributed by atoms with E-state index in [9.17, 15) is 4.79 Å². The van der Waals surface area contributed by atoms with Crippen LogP contribution in [0, 0.1) is 13.8 Å². The van der Waals surface area contributed by atoms with Crippen LogP contribution in [0.15, 0.2) is 6.07 Å². The minimum absolute atomic E-state index is 0.0153. The Balaban J connectivity index is 3.01. The molecule has 0 aliphatic heterocycles. The molecule has 90 valence electrons. The number of halogens is 1. The molecule has 0 saturated heterocycles. The second-order valence-electron chi connectivity index (χ2n) is 3.91. The Kier molecular flexibility index (Phi) is 4.56. The topological polar surface area (TPSA) is 31.2 Å². The summed E-state index contributed by atoms with van der Waals surface area (Å²) in [5, 5.41) is -0.476. The summed E-state index contributed by atoms with van der Waals surface area (Å²) in [5.41, 5.74) is 2.75. The van der Waals surface area contributed by atoms with Crippen molar-refractivity contribution in [3.8, 4) is 0 Å². The van der Waals surface area contributed by atoms with Gasteiger partial charge in [-0.1, -0.05) is 0 Å². The third kappa shape index (κ3) is 2.66. The maximum absolute atomic E-state index is 11.8. The van der Waals surface area contributed by atoms with E-state index in [4.69, 9.17) is 16.3 Å². The van der Waals surface area contributed by atoms with Crippen molar-refractivity contribution in [2.75, 3.05) is 13.7 Å². The summed E-state index contributed by atoms with van der Waals surface area (Å²) < 4.78 is 7.12. The second-order valence-corrected chi connectivity index (χ2v) is 4.56. The molecular weight excluding hydrogens is 226 g/mol. The standard InChI is InChI=1S/C12H18ClNO2/c1-8-7-11(12(15)9(2)13)10(3)14(8)5-6-16-4/h7,9H,5-6H2,1-4H3. The number of nitrogens with zero attached hydrogens (tertiary/aromatic N) is 1. The Morgan fingerprint density at radius 2 is 2.19 bits per heavy atom. The van der Waals surface area contributed by atoms with E-state index < -0.39 is 5.38 Å². The number of aryl methyl sites for hydroxylation is 1. The number of Topliss-reactive ketones (excluding diaryl/α,β-unsaturated/α-hetero) is 1. The lowest BCUT2D eigenvalue weighted by Crippen LogP contribution is -2.13. The van der Waals surface area contributed by atoms with Crippen LogP contribution >= 0.6 is 11.6 Å². The monoisotopic (exact) mass is 243 g/mol. The number of alkyl halides is 1. The van der Waals surface area contributed by atoms with Crippen LogP contribution in [-0.4, -0.2) is 29.4 Å². The first kappa shape index (κ1) is 13.3. The Morgan fingerprint density at radius 3 is 2.69 bits per heavy atom. The lowest BCUT2D eigenvalue weighted by Gasteiger charge is -2.09. The van der Waals surface area contributed by atoms with Crippen LogP contribution in [0.3, 0.4) is 0 Å². The highest BCUT2D eigenvalue weighted by Gasteiger charge is 2.18. The SMILES string of the molecule is COCCn1c(C)cc(C(=O)C(C)Cl)c1C. The molecule has 0 bridgehead atoms. The van der Waals surface area contributed by atoms with Gasteiger partial charge in [0.2, 0.25) is 0 Å². The first-order valence-corrected chi connectivity index (χ1v) is 5.76. The van der Waals surface area contributed by atoms with Crippen LogP contribution in [-0.2, 0) is 11.3 Å². The predicted molar refractivity (Wildman–Crippen MR) is 65.4 cm³/mol. The highest BCUT2D eigenvalue weighted by atomic mass is 35.5. The predicted octanol–water partition coefficient (Wildman–Crippen LogP) is 2.56. The van der Waals surface area contributed by atoms with Crippen molar-refractivity contribution in [2.24, 2.45) is 0 Å². The lowest BCUT2D eigenvalue weighted by atomic mass is 10.1. The minimum atomic E-state index is -0.476. The zero-order valence-corrected chi connectivity index (χ0v) is 11.0. The number of ether oxygens (including phenoxy) is 1. The summed E-state index contributed by atoms with van der Waals surface area (Å²) in [6.07, 6.45) is 0. The number of hydrogen-bond acceptors (Lipinski definition) is 2. The van der Waals surface area contributed by atoms with Crippen LogP contribution in [0.5, 0.6) is 0 Å². The van der Waals surface area contributed by atoms with Crippen molar-refractivity contribution < 1.29 is 9.53 Å². The zero-order valence-electron chi connectivity index (χ0n) is 10.2. The Morgan fingerprint density at radius 1 is 1.56 bits per heavy atom. The number of aromatic nitrogens is 1. The van der Waals surface area contributed by atoms with Gasteiger partial charge in [0, 0.05) is 30.6 Å². The summed E-state index contributed by atoms with van der Waals surface area (Å²) in [6.45, 7) is 7.02. The average molecular weight is 244 g/mol. The maximum Gasteiger partial charge on any atom is 0.182 e. The van der Waals surface area contributed by atoms with E-state index in [0.29, 0.717) is 6.61 Å². The van der Waals surface area contributed by atoms with Crippen LogP contribution in [0.25, 0.3) is 0 Å². The van der Waals surface area contributed by atoms with E-state index in [0.717, 1.165) is 23.5 Å². The molecule has 1 unspecified atom stereocenters. The molecule has 0 aromatic carbocycles. The molecule has 4 heteroatoms. The average Bonchev–Trinajstić information content (AvgIpc) is 2.51. The summed E-state index contributed by atoms with van der Waals surface area (Å²) >= 11 is 5.82. The molecular formula is C12H18ClNO2. The summed E-state index contributed by atoms with van der Waals surface area (Å²) in [7, 11) is 1.67. The highest BCUT2D eigenvalue weighted by molar-refractivity contribution is 6.33. The van der Waals surface area contributed by atoms with E-state index in [1.807, 2.05) is 19.9 Å². The second kappa shape index (κ2) is 5.51. The highest BCUT2D eigenvalue weighted by Crippen LogP contribution is 2.18. The van der Waals surface area contributed by atoms with E-state index in [2.05, 4.69) is 4.57 Å². The maximum atomic E-state index is 11.8. The van der Waals surface area contributed by atoms with Gasteiger partial charge in [-0.3, -0.25) is 4.79 Å². The molecule has 1 aromatic rings. The van der Waals surface area contributed by atoms with E-state index in [-0.39, 0.29) is 5.78 Å². The number of ketones is 1. The quantitative estimate of drug-likeness (QED) is 0.588. The zero-order chi connectivity index (χ0) is 12.3. The van der Waals surface area contributed by atoms with Crippen molar-refractivity contribution in [1.82, 2.24) is 4.57 Å². The molecule has 1 aromatic heterocycles. The smallest absolute Gasteiger partial charge is 0.182 e. The van der Waals surface area contributed by atoms with Crippen LogP contribution in [0.1, 0.15) is 28.7 Å². The number of hydrogen-bond donors (Lipinski definition) is 0. The molecule has 1 atom stereocenters. The van der Waals surface area contributed by atoms with Crippen molar-refractivity contribution in [3.63, 3.8) is 0 Å². The fourth-order valence-electron chi connectivity index (χ4n) is 1.79. The van der Waals surface area contributed by atoms with Crippen molar-refractivity contribution in [2.45, 2.75) is 32.7 Å². The molecule has 0 saturated carbocycles. The number of carbonyl (C=O) groups is 1. The molecule has 0 amide bonds. The van der Waals surface area contributed by atoms with E-state index in [1.54, 1.807) is 14.0 Å². The number of methoxy groups -OCH3 is 1. The Bertz CT molecular complexity index is 383. The first-order chi connectivity index (χ1) is 7.49. The summed E-state index contributed by atoms with van der Waals surface area (Å²) in [4.78, 5) is 11.8. The molecule has 0 fully saturated rings. The van der Waals surface area contributed by atoms with Crippen molar-refractivity contribution in [3.05, 3.63) is 23.0 Å². The molecule has 0 aliphatic carbocycles. The van der Waals surface area contributed by atoms with Gasteiger partial charge < -0.3 is 9.30 Å². The van der Waals surface area contributed by atoms with Crippen LogP contribution in [0.4, 0.5) is 0 Å². The van der Waals surface area contributed by atoms with Gasteiger partial charge in [0.1, 0.15) is 0 Å². The molecule has 3 nitrogen and oxygen atoms in total. The van der Waals surface area contributed by atoms with Gasteiger partial charge >= 0.3 is 0 Å². The molecule has 0 spiro atoms. The fraction of sp³-hybridized carbons (Fsp3) is 0.583. The number of rotatable bonds is 5. The van der Waals surface area contributed by atoms with Gasteiger partial charge in [-0.2, -0.15) is 0 Å². The minimum Gasteiger partial charge on any atom is -0.383 e. The molecule has 0 aliphatic rings. The summed E-state index contributed by atoms with van der Waals surface area (Å²) in [6, 6.07) is 1.90. The van der Waals surface area contributed by atoms with Gasteiger partial charge in [0.05, 0.1) is 12.0 Å². The van der Waals surface area contributed by atoms with Gasteiger partial charge in [0.25, 0.3) is 0 Å². The fourth-order valence-corrected chi connectivity index (χ4v) is 1.91. The third-order valence-corrected chi connectivity index (χ3v) is 2.92. The van der Waals surface area contributed by atoms with Crippen molar-refractivity contribution >= 4 is 17.4 Å². The van der Waals surface area contributed by atoms with Gasteiger partial charge in [-0.05, 0) is 26.8 Å². The lowest BCUT2D eigenvalue weighted by molar-refractivity contribution is 0.0991.